The molecule has 5 heterocycles. The van der Waals surface area contributed by atoms with E-state index >= 15 is 4.39 Å². The highest BCUT2D eigenvalue weighted by Crippen LogP contribution is 2.58. The van der Waals surface area contributed by atoms with Gasteiger partial charge in [0.25, 0.3) is 0 Å². The van der Waals surface area contributed by atoms with Crippen LogP contribution in [0.25, 0.3) is 32.9 Å². The normalized spacial score (nSPS) is 26.8. The molecule has 0 radical (unpaired) electrons. The maximum absolute atomic E-state index is 17.4. The first-order valence-corrected chi connectivity index (χ1v) is 20.2. The van der Waals surface area contributed by atoms with Gasteiger partial charge in [-0.15, -0.1) is 0 Å². The second-order valence-electron chi connectivity index (χ2n) is 17.2. The third-order valence-corrected chi connectivity index (χ3v) is 13.4. The molecule has 10 rings (SSSR count). The number of piperidine rings is 1. The van der Waals surface area contributed by atoms with E-state index in [0.717, 1.165) is 30.3 Å². The van der Waals surface area contributed by atoms with E-state index in [2.05, 4.69) is 10.6 Å². The van der Waals surface area contributed by atoms with Gasteiger partial charge < -0.3 is 23.8 Å². The van der Waals surface area contributed by atoms with Crippen molar-refractivity contribution in [3.63, 3.8) is 0 Å². The van der Waals surface area contributed by atoms with Crippen molar-refractivity contribution in [2.24, 2.45) is 17.8 Å². The van der Waals surface area contributed by atoms with Gasteiger partial charge in [0.15, 0.2) is 5.82 Å². The van der Waals surface area contributed by atoms with Crippen molar-refractivity contribution >= 4 is 57.0 Å². The van der Waals surface area contributed by atoms with Gasteiger partial charge in [-0.2, -0.15) is 14.0 Å². The van der Waals surface area contributed by atoms with E-state index in [1.54, 1.807) is 23.1 Å². The van der Waals surface area contributed by atoms with Crippen LogP contribution in [0.4, 0.5) is 18.0 Å². The van der Waals surface area contributed by atoms with E-state index < -0.39 is 42.2 Å². The lowest BCUT2D eigenvalue weighted by atomic mass is 9.79. The molecule has 2 amide bonds. The summed E-state index contributed by atoms with van der Waals surface area (Å²) in [6.45, 7) is 4.77. The number of nitrogens with zero attached hydrogens (tertiary/aromatic N) is 5. The first-order chi connectivity index (χ1) is 26.7. The summed E-state index contributed by atoms with van der Waals surface area (Å²) >= 11 is 13.1. The summed E-state index contributed by atoms with van der Waals surface area (Å²) in [5.41, 5.74) is 2.50. The maximum Gasteiger partial charge on any atom is 0.410 e. The lowest BCUT2D eigenvalue weighted by Gasteiger charge is -2.43. The van der Waals surface area contributed by atoms with Crippen LogP contribution in [0.15, 0.2) is 30.3 Å². The van der Waals surface area contributed by atoms with E-state index in [-0.39, 0.29) is 69.8 Å². The van der Waals surface area contributed by atoms with Crippen molar-refractivity contribution < 1.29 is 32.2 Å². The quantitative estimate of drug-likeness (QED) is 0.176. The topological polar surface area (TPSA) is 101 Å². The van der Waals surface area contributed by atoms with Crippen LogP contribution in [-0.4, -0.2) is 68.3 Å². The smallest absolute Gasteiger partial charge is 0.410 e. The molecule has 2 aromatic carbocycles. The minimum atomic E-state index is -2.96. The average molecular weight is 809 g/mol. The number of likely N-dealkylation sites (tertiary alicyclic amines) is 1. The molecule has 3 aliphatic carbocycles. The molecule has 6 fully saturated rings. The molecule has 294 valence electrons. The largest absolute Gasteiger partial charge is 0.444 e. The van der Waals surface area contributed by atoms with Crippen LogP contribution < -0.4 is 0 Å². The Morgan fingerprint density at radius 3 is 2.57 bits per heavy atom. The molecule has 56 heavy (non-hydrogen) atoms. The van der Waals surface area contributed by atoms with Gasteiger partial charge in [0.05, 0.1) is 45.9 Å². The van der Waals surface area contributed by atoms with E-state index in [1.807, 2.05) is 44.7 Å². The SMILES string of the molecule is Cc1nc2c(F)c(-c3cccc(Cl)c3Cl)c(CCC#N)cc2c2c1cc([C@H]1[C@H]3C[C@H](C[C@@H]3OC(F)F)N1C(=O)C1CC1)n2[C@H]1[C@@H]2C[C@H]1N(C(=O)OC(C)(C)C)C2. The number of ether oxygens (including phenoxy) is 2. The van der Waals surface area contributed by atoms with Gasteiger partial charge in [-0.1, -0.05) is 35.3 Å². The number of amides is 2. The first-order valence-electron chi connectivity index (χ1n) is 19.4. The zero-order valence-corrected chi connectivity index (χ0v) is 33.0. The number of halogens is 5. The Morgan fingerprint density at radius 2 is 1.88 bits per heavy atom. The summed E-state index contributed by atoms with van der Waals surface area (Å²) in [5.74, 6) is -1.09. The highest BCUT2D eigenvalue weighted by atomic mass is 35.5. The summed E-state index contributed by atoms with van der Waals surface area (Å²) in [4.78, 5) is 36.3. The van der Waals surface area contributed by atoms with Crippen LogP contribution in [0.1, 0.15) is 88.3 Å². The highest BCUT2D eigenvalue weighted by Gasteiger charge is 2.60. The number of hydrogen-bond donors (Lipinski definition) is 0. The van der Waals surface area contributed by atoms with Crippen molar-refractivity contribution in [2.75, 3.05) is 6.54 Å². The molecule has 0 N–H and O–H groups in total. The van der Waals surface area contributed by atoms with Crippen molar-refractivity contribution in [1.29, 1.82) is 5.26 Å². The molecule has 7 atom stereocenters. The van der Waals surface area contributed by atoms with Crippen molar-refractivity contribution in [3.8, 4) is 17.2 Å². The number of hydrogen-bond acceptors (Lipinski definition) is 6. The summed E-state index contributed by atoms with van der Waals surface area (Å²) in [5, 5.41) is 11.3. The van der Waals surface area contributed by atoms with Crippen LogP contribution in [0.3, 0.4) is 0 Å². The third kappa shape index (κ3) is 5.94. The van der Waals surface area contributed by atoms with Crippen molar-refractivity contribution in [1.82, 2.24) is 19.4 Å². The molecule has 14 heteroatoms. The Kier molecular flexibility index (Phi) is 9.06. The molecule has 6 aliphatic rings. The molecule has 9 nitrogen and oxygen atoms in total. The molecule has 4 bridgehead atoms. The molecule has 0 spiro atoms. The van der Waals surface area contributed by atoms with Gasteiger partial charge in [-0.05, 0) is 90.0 Å². The molecule has 0 unspecified atom stereocenters. The van der Waals surface area contributed by atoms with E-state index in [9.17, 15) is 23.6 Å². The molecule has 3 aliphatic heterocycles. The van der Waals surface area contributed by atoms with Crippen LogP contribution in [0, 0.1) is 41.8 Å². The Balaban J connectivity index is 1.30. The van der Waals surface area contributed by atoms with Gasteiger partial charge >= 0.3 is 12.7 Å². The number of aromatic nitrogens is 2. The number of alkyl halides is 2. The van der Waals surface area contributed by atoms with Gasteiger partial charge in [-0.25, -0.2) is 14.2 Å². The third-order valence-electron chi connectivity index (χ3n) is 12.6. The zero-order chi connectivity index (χ0) is 39.5. The lowest BCUT2D eigenvalue weighted by Crippen LogP contribution is -2.48. The van der Waals surface area contributed by atoms with Crippen LogP contribution in [0.2, 0.25) is 10.0 Å². The number of aryl methyl sites for hydroxylation is 2. The van der Waals surface area contributed by atoms with Gasteiger partial charge in [-0.3, -0.25) is 4.79 Å². The highest BCUT2D eigenvalue weighted by molar-refractivity contribution is 6.43. The van der Waals surface area contributed by atoms with Crippen molar-refractivity contribution in [2.45, 2.75) is 115 Å². The fourth-order valence-corrected chi connectivity index (χ4v) is 10.6. The summed E-state index contributed by atoms with van der Waals surface area (Å²) < 4.78 is 58.4. The molecular weight excluding hydrogens is 766 g/mol. The van der Waals surface area contributed by atoms with Crippen LogP contribution in [-0.2, 0) is 20.7 Å². The molecular formula is C42H42Cl2F3N5O4. The second-order valence-corrected chi connectivity index (χ2v) is 17.9. The van der Waals surface area contributed by atoms with Crippen LogP contribution >= 0.6 is 23.2 Å². The van der Waals surface area contributed by atoms with Gasteiger partial charge in [0, 0.05) is 70.0 Å². The summed E-state index contributed by atoms with van der Waals surface area (Å²) in [7, 11) is 0. The Hall–Kier alpha value is -4.05. The van der Waals surface area contributed by atoms with Crippen LogP contribution in [0.5, 0.6) is 0 Å². The lowest BCUT2D eigenvalue weighted by molar-refractivity contribution is -0.184. The van der Waals surface area contributed by atoms with Crippen molar-refractivity contribution in [3.05, 3.63) is 63.1 Å². The predicted molar refractivity (Wildman–Crippen MR) is 205 cm³/mol. The Labute approximate surface area is 332 Å². The minimum absolute atomic E-state index is 0.0112. The molecule has 3 saturated carbocycles. The maximum atomic E-state index is 17.4. The number of pyridine rings is 1. The number of rotatable bonds is 8. The number of carbonyl (C=O) groups is 2. The number of benzene rings is 2. The standard InChI is InChI=1S/C42H42Cl2F3N5O4/c1-19-25-17-30(38-26-15-23(16-31(26)55-40(46)47)51(38)39(53)20-10-11-20)52(36-22-14-29(36)50(18-22)41(54)56-42(2,3)4)37(25)27-13-21(7-6-12-48)32(34(45)35(27)49-19)24-8-5-9-28(43)33(24)44/h5,8-9,13,17,20,22-23,26,29,31,36,38,40H,6-7,10-11,14-16,18H2,1-4H3/t22-,23-,26+,29-,31+,36+,38-/m1/s1. The summed E-state index contributed by atoms with van der Waals surface area (Å²) in [6, 6.07) is 9.67. The van der Waals surface area contributed by atoms with Gasteiger partial charge in [0.2, 0.25) is 5.91 Å². The Morgan fingerprint density at radius 1 is 1.11 bits per heavy atom. The Bertz CT molecular complexity index is 2350. The van der Waals surface area contributed by atoms with E-state index in [0.29, 0.717) is 47.1 Å². The minimum Gasteiger partial charge on any atom is -0.444 e. The predicted octanol–water partition coefficient (Wildman–Crippen LogP) is 9.93. The molecule has 4 aromatic rings. The number of carbonyl (C=O) groups excluding carboxylic acids is 2. The second kappa shape index (κ2) is 13.5. The zero-order valence-electron chi connectivity index (χ0n) is 31.5. The molecule has 3 saturated heterocycles. The monoisotopic (exact) mass is 807 g/mol. The summed E-state index contributed by atoms with van der Waals surface area (Å²) in [6.07, 6.45) is 2.30. The number of nitriles is 1. The fraction of sp³-hybridized carbons (Fsp3) is 0.524. The number of fused-ring (bicyclic) bond motifs is 6. The molecule has 2 aromatic heterocycles. The van der Waals surface area contributed by atoms with E-state index in [4.69, 9.17) is 37.7 Å². The van der Waals surface area contributed by atoms with Gasteiger partial charge in [0.1, 0.15) is 11.1 Å². The fourth-order valence-electron chi connectivity index (χ4n) is 10.2. The average Bonchev–Trinajstić information content (AvgIpc) is 3.44. The van der Waals surface area contributed by atoms with E-state index in [1.165, 1.54) is 0 Å². The first kappa shape index (κ1) is 37.5.